The monoisotopic (exact) mass is 1080 g/mol. The van der Waals surface area contributed by atoms with Gasteiger partial charge in [0.25, 0.3) is 0 Å². The van der Waals surface area contributed by atoms with Crippen molar-refractivity contribution in [3.63, 3.8) is 0 Å². The van der Waals surface area contributed by atoms with Crippen LogP contribution < -0.4 is 0 Å². The highest BCUT2D eigenvalue weighted by Gasteiger charge is 2.69. The predicted molar refractivity (Wildman–Crippen MR) is 252 cm³/mol. The van der Waals surface area contributed by atoms with Gasteiger partial charge < -0.3 is 119 Å². The molecular formula is C51H86O24. The number of fused-ring (bicyclic) bond motifs is 7. The molecule has 9 aliphatic rings. The van der Waals surface area contributed by atoms with E-state index in [2.05, 4.69) is 20.8 Å². The van der Waals surface area contributed by atoms with E-state index in [1.54, 1.807) is 0 Å². The van der Waals surface area contributed by atoms with Crippen LogP contribution in [0.2, 0.25) is 0 Å². The van der Waals surface area contributed by atoms with Crippen LogP contribution in [-0.4, -0.2) is 250 Å². The van der Waals surface area contributed by atoms with E-state index >= 15 is 0 Å². The highest BCUT2D eigenvalue weighted by molar-refractivity contribution is 5.16. The summed E-state index contributed by atoms with van der Waals surface area (Å²) in [4.78, 5) is 0. The number of rotatable bonds is 15. The van der Waals surface area contributed by atoms with Crippen LogP contribution in [0.1, 0.15) is 92.4 Å². The molecule has 0 spiro atoms. The SMILES string of the molecule is C[C@H](CCC1(O)OC2C[C@H]3C4CC[C@H]5C[C@@H](O[C@@H]6O[C@H](CO)[C@H](O[C@@H]7O[C@H](CO)[C@@H](O)[C@H](O)[C@H]7O)[C@H](O)[C@H]6O[C@@H]6O[C@@H](C)[C@H](O)[C@@H](O)[C@H]6O)[C@H](O)C[C@]5(C)C4CC[C@]3(C)C2[C@@H]1C)CO[C@@H]1O[C@H](CO)[C@@H](O)[C@H](O)[C@H]1O. The van der Waals surface area contributed by atoms with Gasteiger partial charge in [0.1, 0.15) is 91.6 Å². The van der Waals surface area contributed by atoms with E-state index in [1.807, 2.05) is 6.92 Å². The van der Waals surface area contributed by atoms with Gasteiger partial charge in [-0.25, -0.2) is 0 Å². The second-order valence-corrected chi connectivity index (χ2v) is 24.4. The van der Waals surface area contributed by atoms with Crippen molar-refractivity contribution in [2.45, 2.75) is 239 Å². The summed E-state index contributed by atoms with van der Waals surface area (Å²) in [6.45, 7) is 8.09. The lowest BCUT2D eigenvalue weighted by Gasteiger charge is -2.62. The normalized spacial score (nSPS) is 56.4. The highest BCUT2D eigenvalue weighted by Crippen LogP contribution is 2.71. The first-order valence-electron chi connectivity index (χ1n) is 27.3. The Hall–Kier alpha value is -0.960. The van der Waals surface area contributed by atoms with Crippen LogP contribution in [0.15, 0.2) is 0 Å². The molecule has 0 aromatic heterocycles. The Bertz CT molecular complexity index is 1890. The summed E-state index contributed by atoms with van der Waals surface area (Å²) in [7, 11) is 0. The first-order chi connectivity index (χ1) is 35.4. The predicted octanol–water partition coefficient (Wildman–Crippen LogP) is -3.96. The van der Waals surface area contributed by atoms with Gasteiger partial charge >= 0.3 is 0 Å². The molecule has 9 fully saturated rings. The molecule has 4 aliphatic carbocycles. The minimum absolute atomic E-state index is 0.0918. The number of aliphatic hydroxyl groups is 15. The van der Waals surface area contributed by atoms with Crippen molar-refractivity contribution in [3.05, 3.63) is 0 Å². The second-order valence-electron chi connectivity index (χ2n) is 24.4. The Kier molecular flexibility index (Phi) is 17.8. The van der Waals surface area contributed by atoms with Crippen LogP contribution in [0, 0.1) is 52.3 Å². The summed E-state index contributed by atoms with van der Waals surface area (Å²) in [5.74, 6) is -0.524. The Labute approximate surface area is 436 Å². The number of ether oxygens (including phenoxy) is 9. The third-order valence-corrected chi connectivity index (χ3v) is 20.1. The van der Waals surface area contributed by atoms with E-state index in [1.165, 1.54) is 6.92 Å². The maximum atomic E-state index is 12.1. The third kappa shape index (κ3) is 10.5. The molecule has 434 valence electrons. The molecule has 9 rings (SSSR count). The molecule has 24 heteroatoms. The Balaban J connectivity index is 0.847. The lowest BCUT2D eigenvalue weighted by molar-refractivity contribution is -0.392. The molecule has 0 amide bonds. The smallest absolute Gasteiger partial charge is 0.187 e. The second kappa shape index (κ2) is 22.8. The fraction of sp³-hybridized carbons (Fsp3) is 1.00. The van der Waals surface area contributed by atoms with Gasteiger partial charge in [-0.05, 0) is 105 Å². The molecule has 5 heterocycles. The fourth-order valence-corrected chi connectivity index (χ4v) is 15.6. The Morgan fingerprint density at radius 3 is 1.79 bits per heavy atom. The first kappa shape index (κ1) is 58.7. The molecule has 0 aromatic carbocycles. The van der Waals surface area contributed by atoms with Crippen molar-refractivity contribution in [2.24, 2.45) is 52.3 Å². The summed E-state index contributed by atoms with van der Waals surface area (Å²) in [5, 5.41) is 161. The molecule has 5 saturated heterocycles. The van der Waals surface area contributed by atoms with Crippen LogP contribution >= 0.6 is 0 Å². The fourth-order valence-electron chi connectivity index (χ4n) is 15.6. The van der Waals surface area contributed by atoms with Crippen molar-refractivity contribution in [3.8, 4) is 0 Å². The zero-order valence-electron chi connectivity index (χ0n) is 43.4. The van der Waals surface area contributed by atoms with Gasteiger partial charge in [-0.1, -0.05) is 27.7 Å². The molecule has 0 aromatic rings. The zero-order chi connectivity index (χ0) is 54.4. The van der Waals surface area contributed by atoms with Crippen molar-refractivity contribution >= 4 is 0 Å². The lowest BCUT2D eigenvalue weighted by Crippen LogP contribution is -2.67. The summed E-state index contributed by atoms with van der Waals surface area (Å²) in [6, 6.07) is 0. The zero-order valence-corrected chi connectivity index (χ0v) is 43.4. The molecule has 0 radical (unpaired) electrons. The van der Waals surface area contributed by atoms with Crippen LogP contribution in [-0.2, 0) is 42.6 Å². The molecule has 15 N–H and O–H groups in total. The molecule has 4 saturated carbocycles. The number of aliphatic hydroxyl groups excluding tert-OH is 14. The summed E-state index contributed by atoms with van der Waals surface area (Å²) in [5.41, 5.74) is -0.407. The molecule has 75 heavy (non-hydrogen) atoms. The van der Waals surface area contributed by atoms with E-state index in [0.717, 1.165) is 32.1 Å². The van der Waals surface area contributed by atoms with Gasteiger partial charge in [0, 0.05) is 12.3 Å². The van der Waals surface area contributed by atoms with Gasteiger partial charge in [0.2, 0.25) is 0 Å². The van der Waals surface area contributed by atoms with E-state index in [9.17, 15) is 76.6 Å². The maximum Gasteiger partial charge on any atom is 0.187 e. The molecule has 33 atom stereocenters. The molecule has 0 bridgehead atoms. The largest absolute Gasteiger partial charge is 0.394 e. The van der Waals surface area contributed by atoms with Gasteiger partial charge in [-0.3, -0.25) is 0 Å². The minimum Gasteiger partial charge on any atom is -0.394 e. The van der Waals surface area contributed by atoms with Crippen LogP contribution in [0.4, 0.5) is 0 Å². The van der Waals surface area contributed by atoms with Crippen molar-refractivity contribution in [1.82, 2.24) is 0 Å². The Morgan fingerprint density at radius 2 is 1.15 bits per heavy atom. The molecule has 5 aliphatic heterocycles. The topological polar surface area (TPSA) is 387 Å². The van der Waals surface area contributed by atoms with Crippen LogP contribution in [0.3, 0.4) is 0 Å². The average Bonchev–Trinajstić information content (AvgIpc) is 3.82. The number of hydrogen-bond donors (Lipinski definition) is 15. The lowest BCUT2D eigenvalue weighted by atomic mass is 9.44. The van der Waals surface area contributed by atoms with E-state index in [-0.39, 0.29) is 53.1 Å². The quantitative estimate of drug-likeness (QED) is 0.0696. The Morgan fingerprint density at radius 1 is 0.573 bits per heavy atom. The third-order valence-electron chi connectivity index (χ3n) is 20.1. The number of hydrogen-bond acceptors (Lipinski definition) is 24. The van der Waals surface area contributed by atoms with Crippen LogP contribution in [0.5, 0.6) is 0 Å². The molecular weight excluding hydrogens is 997 g/mol. The molecule has 5 unspecified atom stereocenters. The van der Waals surface area contributed by atoms with Crippen molar-refractivity contribution in [2.75, 3.05) is 26.4 Å². The standard InChI is InChI=1S/C51H86O24/c1-19(18-67-45-39(62)37(60)34(57)29(15-52)70-45)8-11-51(66)20(2)32-28(75-51)13-25-23-7-6-22-12-27(26(55)14-50(22,5)24(23)9-10-49(25,32)4)69-48-44(74-46-40(63)36(59)33(56)21(3)68-46)42(65)43(31(17-54)72-48)73-47-41(64)38(61)35(58)30(16-53)71-47/h19-48,52-66H,6-18H2,1-5H3/t19-,20+,21+,22+,23?,24?,25+,26-,27-,28?,29-,30-,31-,32?,33+,34-,35-,36-,37+,38+,39-,40-,41-,42+,43+,44-,45-,46+,47+,48-,49+,50+,51?/m1/s1. The van der Waals surface area contributed by atoms with Gasteiger partial charge in [-0.2, -0.15) is 0 Å². The van der Waals surface area contributed by atoms with E-state index < -0.39 is 161 Å². The summed E-state index contributed by atoms with van der Waals surface area (Å²) < 4.78 is 54.1. The highest BCUT2D eigenvalue weighted by atomic mass is 16.8. The average molecular weight is 1080 g/mol. The van der Waals surface area contributed by atoms with Gasteiger partial charge in [-0.15, -0.1) is 0 Å². The maximum absolute atomic E-state index is 12.1. The van der Waals surface area contributed by atoms with E-state index in [0.29, 0.717) is 37.5 Å². The van der Waals surface area contributed by atoms with Gasteiger partial charge in [0.05, 0.1) is 50.8 Å². The minimum atomic E-state index is -1.88. The van der Waals surface area contributed by atoms with Crippen molar-refractivity contribution < 1.29 is 119 Å². The first-order valence-corrected chi connectivity index (χ1v) is 27.3. The van der Waals surface area contributed by atoms with Crippen LogP contribution in [0.25, 0.3) is 0 Å². The summed E-state index contributed by atoms with van der Waals surface area (Å²) in [6.07, 6.45) is -27.2. The van der Waals surface area contributed by atoms with Crippen molar-refractivity contribution in [1.29, 1.82) is 0 Å². The van der Waals surface area contributed by atoms with E-state index in [4.69, 9.17) is 42.6 Å². The molecule has 24 nitrogen and oxygen atoms in total. The van der Waals surface area contributed by atoms with Gasteiger partial charge in [0.15, 0.2) is 30.9 Å². The summed E-state index contributed by atoms with van der Waals surface area (Å²) >= 11 is 0.